The van der Waals surface area contributed by atoms with E-state index in [1.165, 1.54) is 36.1 Å². The molecule has 2 aliphatic rings. The minimum atomic E-state index is -0.0831. The Morgan fingerprint density at radius 1 is 1.15 bits per heavy atom. The minimum Gasteiger partial charge on any atom is -0.497 e. The van der Waals surface area contributed by atoms with Gasteiger partial charge in [-0.3, -0.25) is 9.69 Å². The Balaban J connectivity index is 1.45. The van der Waals surface area contributed by atoms with Crippen LogP contribution in [0.25, 0.3) is 0 Å². The molecule has 0 bridgehead atoms. The number of nitrogens with zero attached hydrogens (tertiary/aromatic N) is 1. The molecule has 1 amide bonds. The predicted octanol–water partition coefficient (Wildman–Crippen LogP) is 4.28. The zero-order valence-corrected chi connectivity index (χ0v) is 16.0. The lowest BCUT2D eigenvalue weighted by Gasteiger charge is -2.22. The van der Waals surface area contributed by atoms with Gasteiger partial charge in [0.25, 0.3) is 5.91 Å². The molecule has 0 atom stereocenters. The zero-order valence-electron chi connectivity index (χ0n) is 15.2. The van der Waals surface area contributed by atoms with E-state index in [0.717, 1.165) is 24.0 Å². The Morgan fingerprint density at radius 2 is 1.96 bits per heavy atom. The quantitative estimate of drug-likeness (QED) is 0.851. The third-order valence-corrected chi connectivity index (χ3v) is 6.50. The molecule has 0 saturated heterocycles. The van der Waals surface area contributed by atoms with Crippen molar-refractivity contribution < 1.29 is 14.3 Å². The van der Waals surface area contributed by atoms with Crippen molar-refractivity contribution in [1.82, 2.24) is 4.90 Å². The van der Waals surface area contributed by atoms with E-state index in [1.807, 2.05) is 6.07 Å². The maximum Gasteiger partial charge on any atom is 0.265 e. The number of fused-ring (bicyclic) bond motifs is 1. The number of methoxy groups -OCH3 is 2. The molecule has 4 rings (SSSR count). The second kappa shape index (κ2) is 7.29. The zero-order chi connectivity index (χ0) is 18.1. The molecule has 138 valence electrons. The molecule has 0 spiro atoms. The number of ether oxygens (including phenoxy) is 2. The van der Waals surface area contributed by atoms with Gasteiger partial charge >= 0.3 is 0 Å². The van der Waals surface area contributed by atoms with Crippen molar-refractivity contribution in [1.29, 1.82) is 0 Å². The fraction of sp³-hybridized carbons (Fsp3) is 0.450. The summed E-state index contributed by atoms with van der Waals surface area (Å²) in [5, 5.41) is 2.96. The number of carbonyl (C=O) groups excluding carboxylic acids is 1. The van der Waals surface area contributed by atoms with Gasteiger partial charge in [-0.05, 0) is 36.6 Å². The van der Waals surface area contributed by atoms with E-state index in [4.69, 9.17) is 9.47 Å². The molecule has 2 heterocycles. The highest BCUT2D eigenvalue weighted by atomic mass is 32.1. The van der Waals surface area contributed by atoms with Crippen molar-refractivity contribution in [2.24, 2.45) is 0 Å². The normalized spacial score (nSPS) is 17.3. The van der Waals surface area contributed by atoms with Gasteiger partial charge in [0, 0.05) is 30.1 Å². The molecular formula is C20H24N2O3S. The molecule has 1 aromatic carbocycles. The summed E-state index contributed by atoms with van der Waals surface area (Å²) in [5.74, 6) is 1.21. The summed E-state index contributed by atoms with van der Waals surface area (Å²) >= 11 is 1.61. The maximum absolute atomic E-state index is 12.7. The average molecular weight is 372 g/mol. The van der Waals surface area contributed by atoms with Crippen LogP contribution < -0.4 is 14.8 Å². The van der Waals surface area contributed by atoms with Crippen molar-refractivity contribution in [3.05, 3.63) is 39.6 Å². The lowest BCUT2D eigenvalue weighted by atomic mass is 10.2. The first-order chi connectivity index (χ1) is 12.7. The SMILES string of the molecule is COc1ccc(NC(=O)c2cc3c(s2)CN(C2CCCC2)C3)c(OC)c1. The van der Waals surface area contributed by atoms with E-state index in [0.29, 0.717) is 17.2 Å². The van der Waals surface area contributed by atoms with Gasteiger partial charge in [0.2, 0.25) is 0 Å². The number of hydrogen-bond acceptors (Lipinski definition) is 5. The summed E-state index contributed by atoms with van der Waals surface area (Å²) in [6, 6.07) is 8.17. The van der Waals surface area contributed by atoms with E-state index < -0.39 is 0 Å². The topological polar surface area (TPSA) is 50.8 Å². The Hall–Kier alpha value is -2.05. The highest BCUT2D eigenvalue weighted by molar-refractivity contribution is 7.14. The van der Waals surface area contributed by atoms with Gasteiger partial charge < -0.3 is 14.8 Å². The summed E-state index contributed by atoms with van der Waals surface area (Å²) in [7, 11) is 3.19. The van der Waals surface area contributed by atoms with Crippen LogP contribution in [0.2, 0.25) is 0 Å². The standard InChI is InChI=1S/C20H24N2O3S/c1-24-15-7-8-16(17(10-15)25-2)21-20(23)18-9-13-11-22(12-19(13)26-18)14-5-3-4-6-14/h7-10,14H,3-6,11-12H2,1-2H3,(H,21,23). The van der Waals surface area contributed by atoms with E-state index in [-0.39, 0.29) is 5.91 Å². The van der Waals surface area contributed by atoms with Crippen LogP contribution in [0.5, 0.6) is 11.5 Å². The maximum atomic E-state index is 12.7. The second-order valence-electron chi connectivity index (χ2n) is 6.92. The van der Waals surface area contributed by atoms with Crippen LogP contribution in [0.4, 0.5) is 5.69 Å². The van der Waals surface area contributed by atoms with Gasteiger partial charge in [0.05, 0.1) is 24.8 Å². The summed E-state index contributed by atoms with van der Waals surface area (Å²) in [4.78, 5) is 17.4. The number of nitrogens with one attached hydrogen (secondary N) is 1. The molecule has 5 nitrogen and oxygen atoms in total. The van der Waals surface area contributed by atoms with E-state index in [2.05, 4.69) is 16.3 Å². The van der Waals surface area contributed by atoms with Crippen molar-refractivity contribution >= 4 is 22.9 Å². The van der Waals surface area contributed by atoms with Crippen LogP contribution in [-0.2, 0) is 13.1 Å². The molecular weight excluding hydrogens is 348 g/mol. The smallest absolute Gasteiger partial charge is 0.265 e. The van der Waals surface area contributed by atoms with Crippen LogP contribution >= 0.6 is 11.3 Å². The average Bonchev–Trinajstić information content (AvgIpc) is 3.37. The lowest BCUT2D eigenvalue weighted by molar-refractivity contribution is 0.103. The first-order valence-corrected chi connectivity index (χ1v) is 9.88. The van der Waals surface area contributed by atoms with Gasteiger partial charge in [-0.2, -0.15) is 0 Å². The lowest BCUT2D eigenvalue weighted by Crippen LogP contribution is -2.27. The third-order valence-electron chi connectivity index (χ3n) is 5.34. The highest BCUT2D eigenvalue weighted by Gasteiger charge is 2.30. The van der Waals surface area contributed by atoms with Crippen LogP contribution in [0.15, 0.2) is 24.3 Å². The molecule has 2 aromatic rings. The third kappa shape index (κ3) is 3.31. The van der Waals surface area contributed by atoms with E-state index >= 15 is 0 Å². The Morgan fingerprint density at radius 3 is 2.65 bits per heavy atom. The Labute approximate surface area is 157 Å². The first-order valence-electron chi connectivity index (χ1n) is 9.07. The van der Waals surface area contributed by atoms with Crippen LogP contribution in [0.3, 0.4) is 0 Å². The van der Waals surface area contributed by atoms with Crippen molar-refractivity contribution in [3.8, 4) is 11.5 Å². The predicted molar refractivity (Wildman–Crippen MR) is 103 cm³/mol. The second-order valence-corrected chi connectivity index (χ2v) is 8.06. The number of hydrogen-bond donors (Lipinski definition) is 1. The monoisotopic (exact) mass is 372 g/mol. The van der Waals surface area contributed by atoms with E-state index in [9.17, 15) is 4.79 Å². The number of benzene rings is 1. The van der Waals surface area contributed by atoms with Crippen LogP contribution in [0, 0.1) is 0 Å². The summed E-state index contributed by atoms with van der Waals surface area (Å²) < 4.78 is 10.6. The fourth-order valence-electron chi connectivity index (χ4n) is 3.92. The Bertz CT molecular complexity index is 788. The van der Waals surface area contributed by atoms with Crippen molar-refractivity contribution in [2.45, 2.75) is 44.8 Å². The fourth-order valence-corrected chi connectivity index (χ4v) is 5.01. The largest absolute Gasteiger partial charge is 0.497 e. The minimum absolute atomic E-state index is 0.0831. The van der Waals surface area contributed by atoms with Crippen LogP contribution in [-0.4, -0.2) is 31.1 Å². The van der Waals surface area contributed by atoms with Gasteiger partial charge in [-0.1, -0.05) is 12.8 Å². The molecule has 1 N–H and O–H groups in total. The molecule has 6 heteroatoms. The summed E-state index contributed by atoms with van der Waals surface area (Å²) in [6.45, 7) is 1.97. The molecule has 0 unspecified atom stereocenters. The summed E-state index contributed by atoms with van der Waals surface area (Å²) in [6.07, 6.45) is 5.34. The first kappa shape index (κ1) is 17.4. The van der Waals surface area contributed by atoms with Gasteiger partial charge in [0.15, 0.2) is 0 Å². The molecule has 26 heavy (non-hydrogen) atoms. The Kier molecular flexibility index (Phi) is 4.87. The van der Waals surface area contributed by atoms with E-state index in [1.54, 1.807) is 37.7 Å². The summed E-state index contributed by atoms with van der Waals surface area (Å²) in [5.41, 5.74) is 1.97. The number of anilines is 1. The van der Waals surface area contributed by atoms with Crippen molar-refractivity contribution in [3.63, 3.8) is 0 Å². The van der Waals surface area contributed by atoms with Gasteiger partial charge in [-0.15, -0.1) is 11.3 Å². The number of carbonyl (C=O) groups is 1. The molecule has 1 aliphatic carbocycles. The highest BCUT2D eigenvalue weighted by Crippen LogP contribution is 2.36. The molecule has 0 radical (unpaired) electrons. The molecule has 1 fully saturated rings. The van der Waals surface area contributed by atoms with Crippen molar-refractivity contribution in [2.75, 3.05) is 19.5 Å². The molecule has 1 aromatic heterocycles. The number of thiophene rings is 1. The number of rotatable bonds is 5. The van der Waals surface area contributed by atoms with Crippen LogP contribution in [0.1, 0.15) is 45.8 Å². The molecule has 1 aliphatic heterocycles. The van der Waals surface area contributed by atoms with Gasteiger partial charge in [0.1, 0.15) is 11.5 Å². The number of amides is 1. The van der Waals surface area contributed by atoms with Gasteiger partial charge in [-0.25, -0.2) is 0 Å². The molecule has 1 saturated carbocycles.